The standard InChI is InChI=1S/C12H15ClN2O3/c1-2-17-12(16)15-6-4-9(8-15)18-11-3-5-14-7-10(11)13/h3,5,7,9H,2,4,6,8H2,1H3/t9-/m0/s1. The molecule has 1 aromatic rings. The number of rotatable bonds is 3. The first-order chi connectivity index (χ1) is 8.70. The van der Waals surface area contributed by atoms with Crippen LogP contribution in [0.3, 0.4) is 0 Å². The number of carbonyl (C=O) groups excluding carboxylic acids is 1. The summed E-state index contributed by atoms with van der Waals surface area (Å²) in [5, 5.41) is 0.479. The van der Waals surface area contributed by atoms with Crippen molar-refractivity contribution in [3.8, 4) is 5.75 Å². The van der Waals surface area contributed by atoms with Gasteiger partial charge in [-0.1, -0.05) is 11.6 Å². The van der Waals surface area contributed by atoms with Crippen molar-refractivity contribution < 1.29 is 14.3 Å². The van der Waals surface area contributed by atoms with E-state index < -0.39 is 0 Å². The van der Waals surface area contributed by atoms with Crippen LogP contribution in [-0.4, -0.2) is 41.8 Å². The van der Waals surface area contributed by atoms with Gasteiger partial charge in [0.2, 0.25) is 0 Å². The van der Waals surface area contributed by atoms with E-state index in [0.29, 0.717) is 30.5 Å². The van der Waals surface area contributed by atoms with E-state index in [-0.39, 0.29) is 12.2 Å². The molecule has 98 valence electrons. The second-order valence-corrected chi connectivity index (χ2v) is 4.39. The predicted molar refractivity (Wildman–Crippen MR) is 66.9 cm³/mol. The third kappa shape index (κ3) is 3.04. The van der Waals surface area contributed by atoms with Crippen molar-refractivity contribution in [1.82, 2.24) is 9.88 Å². The molecule has 18 heavy (non-hydrogen) atoms. The van der Waals surface area contributed by atoms with E-state index in [0.717, 1.165) is 6.42 Å². The molecule has 0 aliphatic carbocycles. The Morgan fingerprint density at radius 1 is 1.67 bits per heavy atom. The molecular weight excluding hydrogens is 256 g/mol. The molecule has 0 spiro atoms. The fraction of sp³-hybridized carbons (Fsp3) is 0.500. The van der Waals surface area contributed by atoms with E-state index in [1.165, 1.54) is 6.20 Å². The zero-order chi connectivity index (χ0) is 13.0. The number of halogens is 1. The van der Waals surface area contributed by atoms with Crippen LogP contribution >= 0.6 is 11.6 Å². The maximum absolute atomic E-state index is 11.5. The summed E-state index contributed by atoms with van der Waals surface area (Å²) < 4.78 is 10.7. The normalized spacial score (nSPS) is 18.8. The molecule has 1 aromatic heterocycles. The quantitative estimate of drug-likeness (QED) is 0.846. The molecule has 0 unspecified atom stereocenters. The predicted octanol–water partition coefficient (Wildman–Crippen LogP) is 2.34. The monoisotopic (exact) mass is 270 g/mol. The summed E-state index contributed by atoms with van der Waals surface area (Å²) in [4.78, 5) is 17.1. The molecule has 6 heteroatoms. The third-order valence-electron chi connectivity index (χ3n) is 2.70. The van der Waals surface area contributed by atoms with Gasteiger partial charge in [0.25, 0.3) is 0 Å². The summed E-state index contributed by atoms with van der Waals surface area (Å²) in [6.45, 7) is 3.35. The topological polar surface area (TPSA) is 51.7 Å². The lowest BCUT2D eigenvalue weighted by atomic mass is 10.3. The van der Waals surface area contributed by atoms with Gasteiger partial charge in [0, 0.05) is 31.4 Å². The average molecular weight is 271 g/mol. The van der Waals surface area contributed by atoms with Crippen molar-refractivity contribution in [3.63, 3.8) is 0 Å². The number of hydrogen-bond acceptors (Lipinski definition) is 4. The number of ether oxygens (including phenoxy) is 2. The van der Waals surface area contributed by atoms with Crippen LogP contribution in [0.4, 0.5) is 4.79 Å². The molecule has 1 atom stereocenters. The van der Waals surface area contributed by atoms with E-state index in [9.17, 15) is 4.79 Å². The van der Waals surface area contributed by atoms with Crippen LogP contribution in [-0.2, 0) is 4.74 Å². The van der Waals surface area contributed by atoms with Crippen LogP contribution in [0.5, 0.6) is 5.75 Å². The Balaban J connectivity index is 1.90. The zero-order valence-corrected chi connectivity index (χ0v) is 10.9. The largest absolute Gasteiger partial charge is 0.487 e. The Morgan fingerprint density at radius 2 is 2.50 bits per heavy atom. The maximum atomic E-state index is 11.5. The van der Waals surface area contributed by atoms with E-state index in [1.54, 1.807) is 24.1 Å². The molecule has 0 saturated carbocycles. The minimum Gasteiger partial charge on any atom is -0.487 e. The van der Waals surface area contributed by atoms with Crippen LogP contribution in [0.25, 0.3) is 0 Å². The Morgan fingerprint density at radius 3 is 3.22 bits per heavy atom. The van der Waals surface area contributed by atoms with Gasteiger partial charge in [0.1, 0.15) is 16.9 Å². The number of hydrogen-bond donors (Lipinski definition) is 0. The van der Waals surface area contributed by atoms with Gasteiger partial charge in [0.05, 0.1) is 13.2 Å². The van der Waals surface area contributed by atoms with Gasteiger partial charge in [-0.25, -0.2) is 4.79 Å². The van der Waals surface area contributed by atoms with Crippen LogP contribution in [0, 0.1) is 0 Å². The summed E-state index contributed by atoms with van der Waals surface area (Å²) in [6, 6.07) is 1.72. The van der Waals surface area contributed by atoms with E-state index >= 15 is 0 Å². The number of amides is 1. The van der Waals surface area contributed by atoms with Crippen molar-refractivity contribution in [2.24, 2.45) is 0 Å². The SMILES string of the molecule is CCOC(=O)N1CC[C@H](Oc2ccncc2Cl)C1. The first-order valence-electron chi connectivity index (χ1n) is 5.88. The van der Waals surface area contributed by atoms with Gasteiger partial charge in [-0.3, -0.25) is 4.98 Å². The summed E-state index contributed by atoms with van der Waals surface area (Å²) in [5.41, 5.74) is 0. The van der Waals surface area contributed by atoms with Crippen LogP contribution < -0.4 is 4.74 Å². The number of aromatic nitrogens is 1. The smallest absolute Gasteiger partial charge is 0.409 e. The first kappa shape index (κ1) is 13.0. The molecule has 5 nitrogen and oxygen atoms in total. The lowest BCUT2D eigenvalue weighted by Gasteiger charge is -2.16. The summed E-state index contributed by atoms with van der Waals surface area (Å²) in [6.07, 6.45) is 3.60. The van der Waals surface area contributed by atoms with Crippen molar-refractivity contribution in [1.29, 1.82) is 0 Å². The Kier molecular flexibility index (Phi) is 4.25. The second-order valence-electron chi connectivity index (χ2n) is 3.98. The number of carbonyl (C=O) groups is 1. The van der Waals surface area contributed by atoms with Gasteiger partial charge in [0.15, 0.2) is 0 Å². The molecule has 2 rings (SSSR count). The summed E-state index contributed by atoms with van der Waals surface area (Å²) in [5.74, 6) is 0.599. The molecule has 0 bridgehead atoms. The highest BCUT2D eigenvalue weighted by Gasteiger charge is 2.28. The second kappa shape index (κ2) is 5.91. The Labute approximate surface area is 111 Å². The molecule has 1 amide bonds. The van der Waals surface area contributed by atoms with E-state index in [2.05, 4.69) is 4.98 Å². The third-order valence-corrected chi connectivity index (χ3v) is 2.98. The minimum atomic E-state index is -0.288. The Bertz CT molecular complexity index is 428. The fourth-order valence-electron chi connectivity index (χ4n) is 1.84. The fourth-order valence-corrected chi connectivity index (χ4v) is 2.01. The highest BCUT2D eigenvalue weighted by Crippen LogP contribution is 2.25. The molecule has 1 aliphatic heterocycles. The maximum Gasteiger partial charge on any atom is 0.409 e. The number of pyridine rings is 1. The highest BCUT2D eigenvalue weighted by molar-refractivity contribution is 6.31. The molecule has 1 fully saturated rings. The van der Waals surface area contributed by atoms with Crippen LogP contribution in [0.2, 0.25) is 5.02 Å². The molecule has 0 aromatic carbocycles. The summed E-state index contributed by atoms with van der Waals surface area (Å²) >= 11 is 5.96. The van der Waals surface area contributed by atoms with Crippen molar-refractivity contribution in [3.05, 3.63) is 23.5 Å². The van der Waals surface area contributed by atoms with Gasteiger partial charge in [-0.15, -0.1) is 0 Å². The van der Waals surface area contributed by atoms with Gasteiger partial charge in [-0.2, -0.15) is 0 Å². The number of likely N-dealkylation sites (tertiary alicyclic amines) is 1. The van der Waals surface area contributed by atoms with Crippen molar-refractivity contribution in [2.75, 3.05) is 19.7 Å². The zero-order valence-electron chi connectivity index (χ0n) is 10.1. The molecule has 0 radical (unpaired) electrons. The molecule has 2 heterocycles. The lowest BCUT2D eigenvalue weighted by Crippen LogP contribution is -2.31. The van der Waals surface area contributed by atoms with Crippen molar-refractivity contribution >= 4 is 17.7 Å². The van der Waals surface area contributed by atoms with Gasteiger partial charge in [-0.05, 0) is 6.92 Å². The van der Waals surface area contributed by atoms with Crippen LogP contribution in [0.15, 0.2) is 18.5 Å². The van der Waals surface area contributed by atoms with Crippen molar-refractivity contribution in [2.45, 2.75) is 19.4 Å². The molecule has 1 aliphatic rings. The van der Waals surface area contributed by atoms with Crippen LogP contribution in [0.1, 0.15) is 13.3 Å². The molecular formula is C12H15ClN2O3. The van der Waals surface area contributed by atoms with E-state index in [4.69, 9.17) is 21.1 Å². The van der Waals surface area contributed by atoms with Gasteiger partial charge < -0.3 is 14.4 Å². The molecule has 0 N–H and O–H groups in total. The lowest BCUT2D eigenvalue weighted by molar-refractivity contribution is 0.110. The first-order valence-corrected chi connectivity index (χ1v) is 6.26. The number of nitrogens with zero attached hydrogens (tertiary/aromatic N) is 2. The molecule has 1 saturated heterocycles. The minimum absolute atomic E-state index is 0.0469. The van der Waals surface area contributed by atoms with Gasteiger partial charge >= 0.3 is 6.09 Å². The summed E-state index contributed by atoms with van der Waals surface area (Å²) in [7, 11) is 0. The Hall–Kier alpha value is -1.49. The highest BCUT2D eigenvalue weighted by atomic mass is 35.5. The van der Waals surface area contributed by atoms with E-state index in [1.807, 2.05) is 0 Å². The average Bonchev–Trinajstić information content (AvgIpc) is 2.81.